The van der Waals surface area contributed by atoms with Gasteiger partial charge in [0.25, 0.3) is 0 Å². The first-order valence-electron chi connectivity index (χ1n) is 6.40. The van der Waals surface area contributed by atoms with Gasteiger partial charge in [-0.05, 0) is 42.3 Å². The van der Waals surface area contributed by atoms with Gasteiger partial charge in [0.15, 0.2) is 0 Å². The molecule has 1 nitrogen and oxygen atoms in total. The molecule has 0 aromatic heterocycles. The molecule has 0 aliphatic carbocycles. The van der Waals surface area contributed by atoms with Crippen LogP contribution in [-0.4, -0.2) is 6.54 Å². The van der Waals surface area contributed by atoms with Crippen molar-refractivity contribution >= 4 is 0 Å². The highest BCUT2D eigenvalue weighted by Crippen LogP contribution is 2.23. The predicted octanol–water partition coefficient (Wildman–Crippen LogP) is 4.30. The zero-order valence-electron chi connectivity index (χ0n) is 11.1. The van der Waals surface area contributed by atoms with Crippen molar-refractivity contribution in [3.8, 4) is 11.1 Å². The molecule has 0 aliphatic heterocycles. The van der Waals surface area contributed by atoms with Gasteiger partial charge in [0.1, 0.15) is 11.6 Å². The van der Waals surface area contributed by atoms with Gasteiger partial charge in [0.05, 0.1) is 0 Å². The third-order valence-corrected chi connectivity index (χ3v) is 3.12. The maximum atomic E-state index is 13.2. The lowest BCUT2D eigenvalue weighted by molar-refractivity contribution is 0.584. The lowest BCUT2D eigenvalue weighted by Crippen LogP contribution is -2.17. The first kappa shape index (κ1) is 13.7. The molecular weight excluding hydrogens is 244 g/mol. The van der Waals surface area contributed by atoms with Crippen molar-refractivity contribution in [2.45, 2.75) is 19.9 Å². The van der Waals surface area contributed by atoms with Gasteiger partial charge in [-0.15, -0.1) is 0 Å². The summed E-state index contributed by atoms with van der Waals surface area (Å²) in [5.41, 5.74) is 2.52. The molecule has 1 atom stereocenters. The minimum Gasteiger partial charge on any atom is -0.310 e. The van der Waals surface area contributed by atoms with Crippen LogP contribution in [0, 0.1) is 11.6 Å². The van der Waals surface area contributed by atoms with E-state index in [2.05, 4.69) is 19.2 Å². The monoisotopic (exact) mass is 261 g/mol. The summed E-state index contributed by atoms with van der Waals surface area (Å²) in [6.07, 6.45) is 0. The number of hydrogen-bond donors (Lipinski definition) is 1. The molecule has 1 unspecified atom stereocenters. The number of rotatable bonds is 4. The van der Waals surface area contributed by atoms with Crippen molar-refractivity contribution < 1.29 is 8.78 Å². The van der Waals surface area contributed by atoms with Crippen LogP contribution >= 0.6 is 0 Å². The maximum Gasteiger partial charge on any atom is 0.126 e. The molecule has 0 heterocycles. The summed E-state index contributed by atoms with van der Waals surface area (Å²) < 4.78 is 26.3. The maximum absolute atomic E-state index is 13.2. The van der Waals surface area contributed by atoms with Crippen LogP contribution in [0.2, 0.25) is 0 Å². The van der Waals surface area contributed by atoms with Gasteiger partial charge in [-0.25, -0.2) is 8.78 Å². The summed E-state index contributed by atoms with van der Waals surface area (Å²) in [5.74, 6) is -1.11. The Bertz CT molecular complexity index is 529. The quantitative estimate of drug-likeness (QED) is 0.865. The zero-order chi connectivity index (χ0) is 13.8. The fourth-order valence-electron chi connectivity index (χ4n) is 2.11. The second kappa shape index (κ2) is 5.93. The molecule has 0 bridgehead atoms. The largest absolute Gasteiger partial charge is 0.310 e. The Kier molecular flexibility index (Phi) is 4.27. The molecule has 19 heavy (non-hydrogen) atoms. The molecule has 100 valence electrons. The molecule has 2 aromatic carbocycles. The molecule has 0 aliphatic rings. The number of hydrogen-bond acceptors (Lipinski definition) is 1. The zero-order valence-corrected chi connectivity index (χ0v) is 11.1. The summed E-state index contributed by atoms with van der Waals surface area (Å²) in [7, 11) is 0. The molecule has 0 saturated heterocycles. The Morgan fingerprint density at radius 2 is 1.53 bits per heavy atom. The van der Waals surface area contributed by atoms with E-state index in [9.17, 15) is 8.78 Å². The van der Waals surface area contributed by atoms with Gasteiger partial charge >= 0.3 is 0 Å². The molecule has 0 amide bonds. The van der Waals surface area contributed by atoms with E-state index >= 15 is 0 Å². The van der Waals surface area contributed by atoms with Gasteiger partial charge in [0.2, 0.25) is 0 Å². The van der Waals surface area contributed by atoms with E-state index in [0.29, 0.717) is 5.56 Å². The van der Waals surface area contributed by atoms with Crippen LogP contribution in [0.15, 0.2) is 42.5 Å². The molecule has 2 rings (SSSR count). The van der Waals surface area contributed by atoms with Crippen molar-refractivity contribution in [3.63, 3.8) is 0 Å². The van der Waals surface area contributed by atoms with E-state index in [1.165, 1.54) is 12.1 Å². The summed E-state index contributed by atoms with van der Waals surface area (Å²) in [4.78, 5) is 0. The van der Waals surface area contributed by atoms with Crippen molar-refractivity contribution in [1.29, 1.82) is 0 Å². The van der Waals surface area contributed by atoms with Crippen LogP contribution < -0.4 is 5.32 Å². The van der Waals surface area contributed by atoms with Gasteiger partial charge < -0.3 is 5.32 Å². The second-order valence-corrected chi connectivity index (χ2v) is 4.56. The van der Waals surface area contributed by atoms with Crippen molar-refractivity contribution in [1.82, 2.24) is 5.32 Å². The van der Waals surface area contributed by atoms with E-state index in [4.69, 9.17) is 0 Å². The van der Waals surface area contributed by atoms with E-state index in [-0.39, 0.29) is 6.04 Å². The molecule has 3 heteroatoms. The van der Waals surface area contributed by atoms with Gasteiger partial charge in [-0.2, -0.15) is 0 Å². The topological polar surface area (TPSA) is 12.0 Å². The third kappa shape index (κ3) is 3.38. The number of benzene rings is 2. The number of halogens is 2. The van der Waals surface area contributed by atoms with Gasteiger partial charge in [-0.1, -0.05) is 31.2 Å². The first-order chi connectivity index (χ1) is 9.10. The molecule has 1 N–H and O–H groups in total. The molecule has 0 saturated carbocycles. The van der Waals surface area contributed by atoms with Crippen molar-refractivity contribution in [2.24, 2.45) is 0 Å². The van der Waals surface area contributed by atoms with Crippen LogP contribution in [0.4, 0.5) is 8.78 Å². The van der Waals surface area contributed by atoms with Crippen molar-refractivity contribution in [2.75, 3.05) is 6.54 Å². The second-order valence-electron chi connectivity index (χ2n) is 4.56. The average Bonchev–Trinajstić information content (AvgIpc) is 2.38. The van der Waals surface area contributed by atoms with E-state index in [0.717, 1.165) is 23.7 Å². The minimum absolute atomic E-state index is 0.267. The average molecular weight is 261 g/mol. The Labute approximate surface area is 112 Å². The third-order valence-electron chi connectivity index (χ3n) is 3.12. The van der Waals surface area contributed by atoms with Crippen molar-refractivity contribution in [3.05, 3.63) is 59.7 Å². The Morgan fingerprint density at radius 1 is 0.947 bits per heavy atom. The Balaban J connectivity index is 2.27. The molecule has 0 fully saturated rings. The fourth-order valence-corrected chi connectivity index (χ4v) is 2.11. The van der Waals surface area contributed by atoms with Crippen LogP contribution in [0.3, 0.4) is 0 Å². The molecule has 0 spiro atoms. The van der Waals surface area contributed by atoms with Gasteiger partial charge in [-0.3, -0.25) is 0 Å². The van der Waals surface area contributed by atoms with E-state index < -0.39 is 11.6 Å². The fraction of sp³-hybridized carbons (Fsp3) is 0.250. The predicted molar refractivity (Wildman–Crippen MR) is 73.9 cm³/mol. The molecule has 2 aromatic rings. The lowest BCUT2D eigenvalue weighted by Gasteiger charge is -2.13. The SMILES string of the molecule is CCNC(C)c1ccc(-c2cc(F)cc(F)c2)cc1. The standard InChI is InChI=1S/C16H17F2N/c1-3-19-11(2)12-4-6-13(7-5-12)14-8-15(17)10-16(18)9-14/h4-11,19H,3H2,1-2H3. The highest BCUT2D eigenvalue weighted by atomic mass is 19.1. The normalized spacial score (nSPS) is 12.4. The lowest BCUT2D eigenvalue weighted by atomic mass is 10.0. The summed E-state index contributed by atoms with van der Waals surface area (Å²) in [6.45, 7) is 5.04. The van der Waals surface area contributed by atoms with Gasteiger partial charge in [0, 0.05) is 12.1 Å². The van der Waals surface area contributed by atoms with Crippen LogP contribution in [0.1, 0.15) is 25.5 Å². The Morgan fingerprint density at radius 3 is 2.05 bits per heavy atom. The highest BCUT2D eigenvalue weighted by Gasteiger charge is 2.06. The minimum atomic E-state index is -0.555. The van der Waals surface area contributed by atoms with Crippen LogP contribution in [-0.2, 0) is 0 Å². The van der Waals surface area contributed by atoms with E-state index in [1.807, 2.05) is 24.3 Å². The van der Waals surface area contributed by atoms with E-state index in [1.54, 1.807) is 0 Å². The first-order valence-corrected chi connectivity index (χ1v) is 6.40. The summed E-state index contributed by atoms with van der Waals surface area (Å²) in [6, 6.07) is 11.6. The Hall–Kier alpha value is -1.74. The highest BCUT2D eigenvalue weighted by molar-refractivity contribution is 5.63. The number of nitrogens with one attached hydrogen (secondary N) is 1. The smallest absolute Gasteiger partial charge is 0.126 e. The summed E-state index contributed by atoms with van der Waals surface area (Å²) in [5, 5.41) is 3.32. The molecule has 0 radical (unpaired) electrons. The summed E-state index contributed by atoms with van der Waals surface area (Å²) >= 11 is 0. The molecular formula is C16H17F2N. The van der Waals surface area contributed by atoms with Crippen LogP contribution in [0.5, 0.6) is 0 Å². The van der Waals surface area contributed by atoms with Crippen LogP contribution in [0.25, 0.3) is 11.1 Å².